The number of nitriles is 1. The monoisotopic (exact) mass is 315 g/mol. The fourth-order valence-corrected chi connectivity index (χ4v) is 2.49. The molecule has 22 heavy (non-hydrogen) atoms. The molecule has 0 fully saturated rings. The molecule has 0 aliphatic heterocycles. The molecule has 0 spiro atoms. The van der Waals surface area contributed by atoms with Crippen LogP contribution in [0.3, 0.4) is 0 Å². The van der Waals surface area contributed by atoms with Crippen molar-refractivity contribution in [2.45, 2.75) is 6.92 Å². The lowest BCUT2D eigenvalue weighted by molar-refractivity contribution is -0.114. The van der Waals surface area contributed by atoms with Gasteiger partial charge in [-0.1, -0.05) is 0 Å². The summed E-state index contributed by atoms with van der Waals surface area (Å²) < 4.78 is 5.13. The molecule has 1 heterocycles. The molecule has 0 saturated carbocycles. The van der Waals surface area contributed by atoms with Crippen LogP contribution in [0.4, 0.5) is 10.7 Å². The fourth-order valence-electron chi connectivity index (χ4n) is 1.64. The number of amides is 2. The first kappa shape index (κ1) is 15.5. The fraction of sp³-hybridized carbons (Fsp3) is 0.133. The van der Waals surface area contributed by atoms with Crippen molar-refractivity contribution in [3.8, 4) is 11.8 Å². The number of nitrogens with one attached hydrogen (secondary N) is 2. The number of thiophene rings is 1. The summed E-state index contributed by atoms with van der Waals surface area (Å²) >= 11 is 1.20. The zero-order chi connectivity index (χ0) is 15.9. The van der Waals surface area contributed by atoms with Crippen LogP contribution < -0.4 is 15.4 Å². The standard InChI is InChI=1S/C15H13N3O3S/c1-10(19)17-14-7-6-13(22-14)15(20)18-11-2-4-12(5-3-11)21-9-8-16/h2-7H,9H2,1H3,(H,17,19)(H,18,20). The van der Waals surface area contributed by atoms with Crippen LogP contribution in [0, 0.1) is 11.3 Å². The Kier molecular flexibility index (Phi) is 5.11. The van der Waals surface area contributed by atoms with Crippen molar-refractivity contribution in [1.29, 1.82) is 5.26 Å². The molecule has 0 saturated heterocycles. The predicted molar refractivity (Wildman–Crippen MR) is 84.1 cm³/mol. The van der Waals surface area contributed by atoms with Gasteiger partial charge in [-0.05, 0) is 36.4 Å². The van der Waals surface area contributed by atoms with Crippen LogP contribution in [0.2, 0.25) is 0 Å². The normalized spacial score (nSPS) is 9.64. The Bertz CT molecular complexity index is 716. The molecule has 112 valence electrons. The van der Waals surface area contributed by atoms with E-state index in [4.69, 9.17) is 10.00 Å². The third-order valence-electron chi connectivity index (χ3n) is 2.54. The zero-order valence-electron chi connectivity index (χ0n) is 11.8. The lowest BCUT2D eigenvalue weighted by atomic mass is 10.3. The van der Waals surface area contributed by atoms with Gasteiger partial charge >= 0.3 is 0 Å². The molecule has 2 rings (SSSR count). The average Bonchev–Trinajstić information content (AvgIpc) is 2.94. The van der Waals surface area contributed by atoms with Gasteiger partial charge in [-0.25, -0.2) is 0 Å². The van der Waals surface area contributed by atoms with Crippen molar-refractivity contribution < 1.29 is 14.3 Å². The van der Waals surface area contributed by atoms with Gasteiger partial charge in [-0.15, -0.1) is 11.3 Å². The number of carbonyl (C=O) groups is 2. The van der Waals surface area contributed by atoms with Gasteiger partial charge < -0.3 is 15.4 Å². The molecular formula is C15H13N3O3S. The minimum atomic E-state index is -0.257. The zero-order valence-corrected chi connectivity index (χ0v) is 12.6. The third kappa shape index (κ3) is 4.33. The molecule has 6 nitrogen and oxygen atoms in total. The highest BCUT2D eigenvalue weighted by molar-refractivity contribution is 7.18. The highest BCUT2D eigenvalue weighted by atomic mass is 32.1. The van der Waals surface area contributed by atoms with Gasteiger partial charge in [0.1, 0.15) is 11.8 Å². The first-order valence-electron chi connectivity index (χ1n) is 6.37. The molecule has 0 radical (unpaired) electrons. The van der Waals surface area contributed by atoms with Gasteiger partial charge in [0.15, 0.2) is 6.61 Å². The lowest BCUT2D eigenvalue weighted by Crippen LogP contribution is -2.10. The van der Waals surface area contributed by atoms with E-state index in [0.29, 0.717) is 21.3 Å². The molecule has 0 aliphatic rings. The topological polar surface area (TPSA) is 91.2 Å². The van der Waals surface area contributed by atoms with Crippen LogP contribution in [-0.2, 0) is 4.79 Å². The minimum Gasteiger partial charge on any atom is -0.479 e. The molecule has 2 N–H and O–H groups in total. The maximum Gasteiger partial charge on any atom is 0.265 e. The van der Waals surface area contributed by atoms with Gasteiger partial charge in [0.05, 0.1) is 9.88 Å². The van der Waals surface area contributed by atoms with Crippen LogP contribution in [0.1, 0.15) is 16.6 Å². The summed E-state index contributed by atoms with van der Waals surface area (Å²) in [6, 6.07) is 11.9. The van der Waals surface area contributed by atoms with Gasteiger partial charge in [0.2, 0.25) is 5.91 Å². The highest BCUT2D eigenvalue weighted by Crippen LogP contribution is 2.23. The summed E-state index contributed by atoms with van der Waals surface area (Å²) in [6.07, 6.45) is 0. The first-order valence-corrected chi connectivity index (χ1v) is 7.19. The molecule has 7 heteroatoms. The van der Waals surface area contributed by atoms with E-state index in [1.807, 2.05) is 6.07 Å². The Morgan fingerprint density at radius 3 is 2.55 bits per heavy atom. The van der Waals surface area contributed by atoms with Crippen molar-refractivity contribution >= 4 is 33.8 Å². The molecule has 1 aromatic carbocycles. The summed E-state index contributed by atoms with van der Waals surface area (Å²) in [5, 5.41) is 14.4. The number of hydrogen-bond acceptors (Lipinski definition) is 5. The number of anilines is 2. The summed E-state index contributed by atoms with van der Waals surface area (Å²) in [5.74, 6) is 0.123. The van der Waals surface area contributed by atoms with Crippen molar-refractivity contribution in [2.75, 3.05) is 17.2 Å². The Hall–Kier alpha value is -2.85. The Morgan fingerprint density at radius 1 is 1.18 bits per heavy atom. The number of rotatable bonds is 5. The number of nitrogens with zero attached hydrogens (tertiary/aromatic N) is 1. The molecule has 2 amide bonds. The maximum atomic E-state index is 12.1. The minimum absolute atomic E-state index is 0.0210. The molecule has 0 aliphatic carbocycles. The molecule has 1 aromatic heterocycles. The number of carbonyl (C=O) groups excluding carboxylic acids is 2. The lowest BCUT2D eigenvalue weighted by Gasteiger charge is -2.05. The van der Waals surface area contributed by atoms with E-state index < -0.39 is 0 Å². The van der Waals surface area contributed by atoms with Crippen LogP contribution in [0.15, 0.2) is 36.4 Å². The van der Waals surface area contributed by atoms with E-state index in [-0.39, 0.29) is 18.4 Å². The van der Waals surface area contributed by atoms with E-state index in [1.165, 1.54) is 18.3 Å². The van der Waals surface area contributed by atoms with Crippen LogP contribution in [0.25, 0.3) is 0 Å². The first-order chi connectivity index (χ1) is 10.6. The van der Waals surface area contributed by atoms with Crippen molar-refractivity contribution in [2.24, 2.45) is 0 Å². The Balaban J connectivity index is 1.98. The summed E-state index contributed by atoms with van der Waals surface area (Å²) in [7, 11) is 0. The van der Waals surface area contributed by atoms with Gasteiger partial charge in [-0.3, -0.25) is 9.59 Å². The Morgan fingerprint density at radius 2 is 1.91 bits per heavy atom. The largest absolute Gasteiger partial charge is 0.479 e. The second-order valence-electron chi connectivity index (χ2n) is 4.27. The quantitative estimate of drug-likeness (QED) is 0.887. The van der Waals surface area contributed by atoms with Crippen molar-refractivity contribution in [3.05, 3.63) is 41.3 Å². The van der Waals surface area contributed by atoms with Gasteiger partial charge in [0, 0.05) is 12.6 Å². The van der Waals surface area contributed by atoms with Crippen molar-refractivity contribution in [1.82, 2.24) is 0 Å². The SMILES string of the molecule is CC(=O)Nc1ccc(C(=O)Nc2ccc(OCC#N)cc2)s1. The third-order valence-corrected chi connectivity index (χ3v) is 3.54. The molecule has 2 aromatic rings. The molecule has 0 bridgehead atoms. The van der Waals surface area contributed by atoms with Crippen LogP contribution in [-0.4, -0.2) is 18.4 Å². The number of hydrogen-bond donors (Lipinski definition) is 2. The van der Waals surface area contributed by atoms with E-state index in [2.05, 4.69) is 10.6 Å². The van der Waals surface area contributed by atoms with Crippen LogP contribution >= 0.6 is 11.3 Å². The smallest absolute Gasteiger partial charge is 0.265 e. The van der Waals surface area contributed by atoms with E-state index in [0.717, 1.165) is 0 Å². The summed E-state index contributed by atoms with van der Waals surface area (Å²) in [5.41, 5.74) is 0.615. The van der Waals surface area contributed by atoms with Crippen molar-refractivity contribution in [3.63, 3.8) is 0 Å². The van der Waals surface area contributed by atoms with E-state index in [9.17, 15) is 9.59 Å². The second kappa shape index (κ2) is 7.24. The van der Waals surface area contributed by atoms with Gasteiger partial charge in [0.25, 0.3) is 5.91 Å². The summed E-state index contributed by atoms with van der Waals surface area (Å²) in [6.45, 7) is 1.39. The molecule has 0 atom stereocenters. The highest BCUT2D eigenvalue weighted by Gasteiger charge is 2.10. The average molecular weight is 315 g/mol. The number of benzene rings is 1. The number of ether oxygens (including phenoxy) is 1. The predicted octanol–water partition coefficient (Wildman–Crippen LogP) is 2.86. The molecule has 0 unspecified atom stereocenters. The van der Waals surface area contributed by atoms with E-state index in [1.54, 1.807) is 36.4 Å². The van der Waals surface area contributed by atoms with Crippen LogP contribution in [0.5, 0.6) is 5.75 Å². The second-order valence-corrected chi connectivity index (χ2v) is 5.35. The van der Waals surface area contributed by atoms with E-state index >= 15 is 0 Å². The van der Waals surface area contributed by atoms with Gasteiger partial charge in [-0.2, -0.15) is 5.26 Å². The maximum absolute atomic E-state index is 12.1. The molecular weight excluding hydrogens is 302 g/mol. The Labute approximate surface area is 131 Å². The summed E-state index contributed by atoms with van der Waals surface area (Å²) in [4.78, 5) is 23.5.